The van der Waals surface area contributed by atoms with Crippen LogP contribution in [-0.4, -0.2) is 15.4 Å². The van der Waals surface area contributed by atoms with Crippen LogP contribution in [0.1, 0.15) is 17.3 Å². The van der Waals surface area contributed by atoms with Gasteiger partial charge in [0, 0.05) is 5.56 Å². The summed E-state index contributed by atoms with van der Waals surface area (Å²) in [7, 11) is 0. The minimum Gasteiger partial charge on any atom is -0.319 e. The minimum atomic E-state index is -0.294. The number of aromatic nitrogens is 3. The van der Waals surface area contributed by atoms with Crippen molar-refractivity contribution in [2.75, 3.05) is 0 Å². The normalized spacial score (nSPS) is 13.1. The summed E-state index contributed by atoms with van der Waals surface area (Å²) in [6.45, 7) is 0. The third kappa shape index (κ3) is 1.58. The fourth-order valence-electron chi connectivity index (χ4n) is 1.05. The third-order valence-corrected chi connectivity index (χ3v) is 2.93. The number of hydrogen-bond donors (Lipinski definition) is 2. The van der Waals surface area contributed by atoms with Gasteiger partial charge in [-0.25, -0.2) is 0 Å². The standard InChI is InChI=1S/C7H7ClN4S/c8-7-4(1-2-13-7)6(9)5-3-10-12-11-5/h1-3,6H,9H2,(H,10,11,12). The SMILES string of the molecule is NC(c1cn[nH]n1)c1ccsc1Cl. The van der Waals surface area contributed by atoms with E-state index in [-0.39, 0.29) is 6.04 Å². The lowest BCUT2D eigenvalue weighted by Gasteiger charge is -2.05. The summed E-state index contributed by atoms with van der Waals surface area (Å²) in [5, 5.41) is 12.0. The highest BCUT2D eigenvalue weighted by Crippen LogP contribution is 2.29. The number of H-pyrrole nitrogens is 1. The maximum absolute atomic E-state index is 5.93. The van der Waals surface area contributed by atoms with Crippen LogP contribution in [0.5, 0.6) is 0 Å². The molecule has 0 spiro atoms. The Labute approximate surface area is 83.7 Å². The molecular weight excluding hydrogens is 208 g/mol. The molecule has 0 aliphatic heterocycles. The first kappa shape index (κ1) is 8.68. The lowest BCUT2D eigenvalue weighted by molar-refractivity contribution is 0.813. The highest BCUT2D eigenvalue weighted by Gasteiger charge is 2.15. The van der Waals surface area contributed by atoms with Gasteiger partial charge in [0.2, 0.25) is 0 Å². The molecule has 1 unspecified atom stereocenters. The molecular formula is C7H7ClN4S. The van der Waals surface area contributed by atoms with Crippen molar-refractivity contribution in [2.24, 2.45) is 5.73 Å². The first-order valence-electron chi connectivity index (χ1n) is 3.63. The number of nitrogens with one attached hydrogen (secondary N) is 1. The fraction of sp³-hybridized carbons (Fsp3) is 0.143. The summed E-state index contributed by atoms with van der Waals surface area (Å²) in [6.07, 6.45) is 1.60. The molecule has 0 aliphatic rings. The Morgan fingerprint density at radius 2 is 2.46 bits per heavy atom. The predicted octanol–water partition coefficient (Wildman–Crippen LogP) is 1.57. The van der Waals surface area contributed by atoms with Gasteiger partial charge in [-0.1, -0.05) is 11.6 Å². The van der Waals surface area contributed by atoms with Gasteiger partial charge in [-0.15, -0.1) is 11.3 Å². The van der Waals surface area contributed by atoms with Crippen molar-refractivity contribution in [3.8, 4) is 0 Å². The van der Waals surface area contributed by atoms with Crippen LogP contribution in [0, 0.1) is 0 Å². The van der Waals surface area contributed by atoms with E-state index >= 15 is 0 Å². The molecule has 2 rings (SSSR count). The van der Waals surface area contributed by atoms with E-state index < -0.39 is 0 Å². The van der Waals surface area contributed by atoms with Crippen molar-refractivity contribution in [2.45, 2.75) is 6.04 Å². The molecule has 6 heteroatoms. The van der Waals surface area contributed by atoms with Gasteiger partial charge >= 0.3 is 0 Å². The van der Waals surface area contributed by atoms with Crippen LogP contribution in [-0.2, 0) is 0 Å². The van der Waals surface area contributed by atoms with Gasteiger partial charge in [0.05, 0.1) is 16.6 Å². The second-order valence-electron chi connectivity index (χ2n) is 2.52. The Hall–Kier alpha value is -0.910. The highest BCUT2D eigenvalue weighted by molar-refractivity contribution is 7.14. The lowest BCUT2D eigenvalue weighted by Crippen LogP contribution is -2.11. The lowest BCUT2D eigenvalue weighted by atomic mass is 10.1. The van der Waals surface area contributed by atoms with E-state index in [9.17, 15) is 0 Å². The van der Waals surface area contributed by atoms with Crippen molar-refractivity contribution >= 4 is 22.9 Å². The van der Waals surface area contributed by atoms with E-state index in [1.807, 2.05) is 11.4 Å². The Kier molecular flexibility index (Phi) is 2.30. The van der Waals surface area contributed by atoms with Gasteiger partial charge in [0.1, 0.15) is 5.69 Å². The van der Waals surface area contributed by atoms with Crippen LogP contribution >= 0.6 is 22.9 Å². The van der Waals surface area contributed by atoms with Gasteiger partial charge in [0.15, 0.2) is 0 Å². The van der Waals surface area contributed by atoms with Crippen LogP contribution in [0.15, 0.2) is 17.6 Å². The predicted molar refractivity (Wildman–Crippen MR) is 51.7 cm³/mol. The number of hydrogen-bond acceptors (Lipinski definition) is 4. The highest BCUT2D eigenvalue weighted by atomic mass is 35.5. The van der Waals surface area contributed by atoms with Crippen molar-refractivity contribution in [3.05, 3.63) is 33.2 Å². The number of rotatable bonds is 2. The van der Waals surface area contributed by atoms with Crippen LogP contribution in [0.4, 0.5) is 0 Å². The smallest absolute Gasteiger partial charge is 0.104 e. The Balaban J connectivity index is 2.33. The molecule has 2 aromatic rings. The molecule has 13 heavy (non-hydrogen) atoms. The summed E-state index contributed by atoms with van der Waals surface area (Å²) in [5.41, 5.74) is 7.49. The number of thiophene rings is 1. The molecule has 0 saturated carbocycles. The van der Waals surface area contributed by atoms with E-state index in [0.29, 0.717) is 10.0 Å². The maximum Gasteiger partial charge on any atom is 0.104 e. The van der Waals surface area contributed by atoms with Gasteiger partial charge < -0.3 is 5.73 Å². The fourth-order valence-corrected chi connectivity index (χ4v) is 2.05. The number of halogens is 1. The van der Waals surface area contributed by atoms with E-state index in [1.54, 1.807) is 6.20 Å². The molecule has 1 atom stereocenters. The number of nitrogens with zero attached hydrogens (tertiary/aromatic N) is 2. The second kappa shape index (κ2) is 3.45. The molecule has 2 heterocycles. The van der Waals surface area contributed by atoms with Crippen molar-refractivity contribution < 1.29 is 0 Å². The molecule has 3 N–H and O–H groups in total. The molecule has 0 radical (unpaired) electrons. The van der Waals surface area contributed by atoms with Crippen LogP contribution in [0.3, 0.4) is 0 Å². The number of nitrogens with two attached hydrogens (primary N) is 1. The number of aromatic amines is 1. The van der Waals surface area contributed by atoms with E-state index in [0.717, 1.165) is 5.56 Å². The molecule has 2 aromatic heterocycles. The summed E-state index contributed by atoms with van der Waals surface area (Å²) >= 11 is 7.39. The van der Waals surface area contributed by atoms with Crippen LogP contribution in [0.25, 0.3) is 0 Å². The summed E-state index contributed by atoms with van der Waals surface area (Å²) in [6, 6.07) is 1.60. The van der Waals surface area contributed by atoms with Crippen molar-refractivity contribution in [1.82, 2.24) is 15.4 Å². The molecule has 0 aliphatic carbocycles. The summed E-state index contributed by atoms with van der Waals surface area (Å²) in [5.74, 6) is 0. The molecule has 4 nitrogen and oxygen atoms in total. The van der Waals surface area contributed by atoms with Crippen LogP contribution in [0.2, 0.25) is 4.34 Å². The largest absolute Gasteiger partial charge is 0.319 e. The first-order valence-corrected chi connectivity index (χ1v) is 4.89. The summed E-state index contributed by atoms with van der Waals surface area (Å²) in [4.78, 5) is 0. The summed E-state index contributed by atoms with van der Waals surface area (Å²) < 4.78 is 0.704. The van der Waals surface area contributed by atoms with Gasteiger partial charge in [-0.05, 0) is 11.4 Å². The monoisotopic (exact) mass is 214 g/mol. The Bertz CT molecular complexity index is 383. The zero-order valence-corrected chi connectivity index (χ0v) is 8.14. The Morgan fingerprint density at radius 3 is 3.00 bits per heavy atom. The quantitative estimate of drug-likeness (QED) is 0.798. The van der Waals surface area contributed by atoms with E-state index in [1.165, 1.54) is 11.3 Å². The van der Waals surface area contributed by atoms with Crippen LogP contribution < -0.4 is 5.73 Å². The average molecular weight is 215 g/mol. The van der Waals surface area contributed by atoms with E-state index in [2.05, 4.69) is 15.4 Å². The second-order valence-corrected chi connectivity index (χ2v) is 4.04. The molecule has 68 valence electrons. The molecule has 0 saturated heterocycles. The van der Waals surface area contributed by atoms with Crippen molar-refractivity contribution in [3.63, 3.8) is 0 Å². The Morgan fingerprint density at radius 1 is 1.62 bits per heavy atom. The van der Waals surface area contributed by atoms with E-state index in [4.69, 9.17) is 17.3 Å². The minimum absolute atomic E-state index is 0.294. The molecule has 0 bridgehead atoms. The van der Waals surface area contributed by atoms with Gasteiger partial charge in [-0.3, -0.25) is 0 Å². The third-order valence-electron chi connectivity index (χ3n) is 1.73. The zero-order chi connectivity index (χ0) is 9.26. The molecule has 0 aromatic carbocycles. The average Bonchev–Trinajstić information content (AvgIpc) is 2.72. The van der Waals surface area contributed by atoms with Gasteiger partial charge in [0.25, 0.3) is 0 Å². The first-order chi connectivity index (χ1) is 6.29. The van der Waals surface area contributed by atoms with Crippen molar-refractivity contribution in [1.29, 1.82) is 0 Å². The van der Waals surface area contributed by atoms with Gasteiger partial charge in [-0.2, -0.15) is 15.4 Å². The maximum atomic E-state index is 5.93. The molecule has 0 fully saturated rings. The topological polar surface area (TPSA) is 67.6 Å². The zero-order valence-electron chi connectivity index (χ0n) is 6.57. The molecule has 0 amide bonds.